The van der Waals surface area contributed by atoms with Gasteiger partial charge in [-0.2, -0.15) is 0 Å². The predicted octanol–water partition coefficient (Wildman–Crippen LogP) is 4.00. The molecule has 0 saturated carbocycles. The average molecular weight is 374 g/mol. The zero-order valence-corrected chi connectivity index (χ0v) is 12.1. The van der Waals surface area contributed by atoms with Crippen LogP contribution in [0.3, 0.4) is 0 Å². The number of carbonyl (C=O) groups is 1. The quantitative estimate of drug-likeness (QED) is 0.864. The number of carbonyl (C=O) groups excluding carboxylic acids is 1. The van der Waals surface area contributed by atoms with E-state index >= 15 is 0 Å². The van der Waals surface area contributed by atoms with Crippen molar-refractivity contribution in [3.63, 3.8) is 0 Å². The Balaban J connectivity index is 2.24. The van der Waals surface area contributed by atoms with E-state index in [2.05, 4.69) is 42.2 Å². The maximum absolute atomic E-state index is 13.1. The van der Waals surface area contributed by atoms with E-state index in [4.69, 9.17) is 0 Å². The Labute approximate surface area is 120 Å². The maximum atomic E-state index is 13.1. The molecule has 0 aliphatic carbocycles. The molecule has 0 aliphatic rings. The summed E-state index contributed by atoms with van der Waals surface area (Å²) in [5.74, 6) is -0.768. The predicted molar refractivity (Wildman–Crippen MR) is 74.0 cm³/mol. The van der Waals surface area contributed by atoms with Crippen molar-refractivity contribution in [3.05, 3.63) is 57.0 Å². The highest BCUT2D eigenvalue weighted by atomic mass is 79.9. The first-order valence-electron chi connectivity index (χ1n) is 4.93. The number of aromatic nitrogens is 1. The van der Waals surface area contributed by atoms with Crippen molar-refractivity contribution in [1.29, 1.82) is 0 Å². The van der Waals surface area contributed by atoms with Crippen LogP contribution in [0.4, 0.5) is 10.1 Å². The van der Waals surface area contributed by atoms with Crippen LogP contribution < -0.4 is 5.32 Å². The van der Waals surface area contributed by atoms with Crippen LogP contribution >= 0.6 is 31.9 Å². The van der Waals surface area contributed by atoms with Gasteiger partial charge in [0.1, 0.15) is 5.82 Å². The van der Waals surface area contributed by atoms with Crippen molar-refractivity contribution in [2.24, 2.45) is 0 Å². The Morgan fingerprint density at radius 2 is 2.00 bits per heavy atom. The summed E-state index contributed by atoms with van der Waals surface area (Å²) in [6, 6.07) is 5.72. The van der Waals surface area contributed by atoms with Gasteiger partial charge in [-0.3, -0.25) is 9.78 Å². The van der Waals surface area contributed by atoms with E-state index in [0.29, 0.717) is 20.2 Å². The molecule has 0 spiro atoms. The van der Waals surface area contributed by atoms with Crippen LogP contribution in [0.1, 0.15) is 10.4 Å². The minimum absolute atomic E-state index is 0.352. The number of halogens is 3. The van der Waals surface area contributed by atoms with Gasteiger partial charge in [-0.15, -0.1) is 0 Å². The summed E-state index contributed by atoms with van der Waals surface area (Å²) in [6.45, 7) is 0. The van der Waals surface area contributed by atoms with Crippen molar-refractivity contribution >= 4 is 43.5 Å². The number of nitrogens with zero attached hydrogens (tertiary/aromatic N) is 1. The Hall–Kier alpha value is -1.27. The van der Waals surface area contributed by atoms with Gasteiger partial charge in [0.25, 0.3) is 5.91 Å². The first-order valence-corrected chi connectivity index (χ1v) is 6.52. The molecule has 0 atom stereocenters. The summed E-state index contributed by atoms with van der Waals surface area (Å²) in [6.07, 6.45) is 3.02. The first-order chi connectivity index (χ1) is 8.56. The van der Waals surface area contributed by atoms with Crippen LogP contribution in [0.5, 0.6) is 0 Å². The molecule has 1 amide bonds. The highest BCUT2D eigenvalue weighted by molar-refractivity contribution is 9.10. The Morgan fingerprint density at radius 3 is 2.72 bits per heavy atom. The van der Waals surface area contributed by atoms with Gasteiger partial charge in [0.2, 0.25) is 0 Å². The topological polar surface area (TPSA) is 42.0 Å². The van der Waals surface area contributed by atoms with Gasteiger partial charge in [0.15, 0.2) is 0 Å². The number of pyridine rings is 1. The molecule has 0 bridgehead atoms. The van der Waals surface area contributed by atoms with E-state index in [-0.39, 0.29) is 5.91 Å². The fourth-order valence-electron chi connectivity index (χ4n) is 1.32. The standard InChI is InChI=1S/C12H7Br2FN2O/c13-8-3-7(5-16-6-8)12(18)17-11-4-9(15)1-2-10(11)14/h1-6H,(H,17,18). The van der Waals surface area contributed by atoms with E-state index in [0.717, 1.165) is 0 Å². The Morgan fingerprint density at radius 1 is 1.22 bits per heavy atom. The highest BCUT2D eigenvalue weighted by Crippen LogP contribution is 2.23. The van der Waals surface area contributed by atoms with Crippen molar-refractivity contribution < 1.29 is 9.18 Å². The second kappa shape index (κ2) is 5.58. The van der Waals surface area contributed by atoms with Crippen LogP contribution in [0.2, 0.25) is 0 Å². The fourth-order valence-corrected chi connectivity index (χ4v) is 2.03. The summed E-state index contributed by atoms with van der Waals surface area (Å²) in [5.41, 5.74) is 0.764. The van der Waals surface area contributed by atoms with E-state index < -0.39 is 5.82 Å². The molecule has 18 heavy (non-hydrogen) atoms. The van der Waals surface area contributed by atoms with Crippen molar-refractivity contribution in [2.45, 2.75) is 0 Å². The first kappa shape index (κ1) is 13.2. The zero-order valence-electron chi connectivity index (χ0n) is 8.95. The van der Waals surface area contributed by atoms with Crippen molar-refractivity contribution in [1.82, 2.24) is 4.98 Å². The van der Waals surface area contributed by atoms with E-state index in [9.17, 15) is 9.18 Å². The molecular weight excluding hydrogens is 367 g/mol. The van der Waals surface area contributed by atoms with Gasteiger partial charge >= 0.3 is 0 Å². The van der Waals surface area contributed by atoms with E-state index in [1.807, 2.05) is 0 Å². The van der Waals surface area contributed by atoms with Gasteiger partial charge in [0, 0.05) is 21.3 Å². The van der Waals surface area contributed by atoms with Crippen LogP contribution in [0.15, 0.2) is 45.6 Å². The summed E-state index contributed by atoms with van der Waals surface area (Å²) < 4.78 is 14.4. The Kier molecular flexibility index (Phi) is 4.08. The molecule has 1 N–H and O–H groups in total. The molecular formula is C12H7Br2FN2O. The molecule has 1 aromatic carbocycles. The third-order valence-corrected chi connectivity index (χ3v) is 3.27. The lowest BCUT2D eigenvalue weighted by Gasteiger charge is -2.07. The second-order valence-electron chi connectivity index (χ2n) is 3.47. The van der Waals surface area contributed by atoms with Crippen molar-refractivity contribution in [3.8, 4) is 0 Å². The zero-order chi connectivity index (χ0) is 13.1. The number of hydrogen-bond acceptors (Lipinski definition) is 2. The molecule has 0 radical (unpaired) electrons. The van der Waals surface area contributed by atoms with Crippen LogP contribution in [-0.4, -0.2) is 10.9 Å². The van der Waals surface area contributed by atoms with Gasteiger partial charge in [-0.25, -0.2) is 4.39 Å². The summed E-state index contributed by atoms with van der Waals surface area (Å²) in [4.78, 5) is 15.8. The molecule has 0 fully saturated rings. The molecule has 1 heterocycles. The summed E-state index contributed by atoms with van der Waals surface area (Å²) >= 11 is 6.47. The lowest BCUT2D eigenvalue weighted by atomic mass is 10.2. The molecule has 0 aliphatic heterocycles. The number of anilines is 1. The molecule has 2 rings (SSSR count). The van der Waals surface area contributed by atoms with Crippen LogP contribution in [0.25, 0.3) is 0 Å². The molecule has 6 heteroatoms. The second-order valence-corrected chi connectivity index (χ2v) is 5.24. The van der Waals surface area contributed by atoms with E-state index in [1.54, 1.807) is 12.3 Å². The van der Waals surface area contributed by atoms with Gasteiger partial charge in [-0.05, 0) is 56.1 Å². The smallest absolute Gasteiger partial charge is 0.257 e. The van der Waals surface area contributed by atoms with Crippen LogP contribution in [-0.2, 0) is 0 Å². The highest BCUT2D eigenvalue weighted by Gasteiger charge is 2.09. The maximum Gasteiger partial charge on any atom is 0.257 e. The number of rotatable bonds is 2. The minimum Gasteiger partial charge on any atom is -0.321 e. The largest absolute Gasteiger partial charge is 0.321 e. The average Bonchev–Trinajstić information content (AvgIpc) is 2.34. The lowest BCUT2D eigenvalue weighted by Crippen LogP contribution is -2.12. The SMILES string of the molecule is O=C(Nc1cc(F)ccc1Br)c1cncc(Br)c1. The minimum atomic E-state index is -0.416. The third-order valence-electron chi connectivity index (χ3n) is 2.14. The molecule has 3 nitrogen and oxygen atoms in total. The van der Waals surface area contributed by atoms with E-state index in [1.165, 1.54) is 24.4 Å². The molecule has 0 unspecified atom stereocenters. The number of amides is 1. The number of benzene rings is 1. The Bertz CT molecular complexity index is 604. The normalized spacial score (nSPS) is 10.2. The molecule has 0 saturated heterocycles. The summed E-state index contributed by atoms with van der Waals surface area (Å²) in [5, 5.41) is 2.61. The van der Waals surface area contributed by atoms with Crippen LogP contribution in [0, 0.1) is 5.82 Å². The monoisotopic (exact) mass is 372 g/mol. The number of nitrogens with one attached hydrogen (secondary N) is 1. The fraction of sp³-hybridized carbons (Fsp3) is 0. The lowest BCUT2D eigenvalue weighted by molar-refractivity contribution is 0.102. The summed E-state index contributed by atoms with van der Waals surface area (Å²) in [7, 11) is 0. The van der Waals surface area contributed by atoms with Gasteiger partial charge in [-0.1, -0.05) is 0 Å². The third kappa shape index (κ3) is 3.14. The van der Waals surface area contributed by atoms with Gasteiger partial charge in [0.05, 0.1) is 11.3 Å². The molecule has 92 valence electrons. The molecule has 1 aromatic heterocycles. The van der Waals surface area contributed by atoms with Crippen molar-refractivity contribution in [2.75, 3.05) is 5.32 Å². The molecule has 2 aromatic rings. The van der Waals surface area contributed by atoms with Gasteiger partial charge < -0.3 is 5.32 Å². The number of hydrogen-bond donors (Lipinski definition) is 1.